The summed E-state index contributed by atoms with van der Waals surface area (Å²) in [7, 11) is 0. The van der Waals surface area contributed by atoms with Gasteiger partial charge in [-0.15, -0.1) is 11.3 Å². The molecule has 1 N–H and O–H groups in total. The lowest BCUT2D eigenvalue weighted by molar-refractivity contribution is 0.103. The van der Waals surface area contributed by atoms with Crippen LogP contribution in [0.1, 0.15) is 26.4 Å². The van der Waals surface area contributed by atoms with Crippen LogP contribution in [0.3, 0.4) is 0 Å². The number of nitrogens with zero attached hydrogens (tertiary/aromatic N) is 2. The van der Waals surface area contributed by atoms with E-state index in [0.29, 0.717) is 23.1 Å². The number of amides is 1. The van der Waals surface area contributed by atoms with Crippen molar-refractivity contribution < 1.29 is 9.53 Å². The Bertz CT molecular complexity index is 1130. The molecule has 2 aromatic carbocycles. The summed E-state index contributed by atoms with van der Waals surface area (Å²) < 4.78 is 7.55. The van der Waals surface area contributed by atoms with Crippen LogP contribution < -0.4 is 10.1 Å². The van der Waals surface area contributed by atoms with Crippen molar-refractivity contribution in [2.24, 2.45) is 0 Å². The highest BCUT2D eigenvalue weighted by Gasteiger charge is 2.10. The van der Waals surface area contributed by atoms with E-state index in [1.807, 2.05) is 66.9 Å². The maximum absolute atomic E-state index is 12.5. The Hall–Kier alpha value is -3.09. The Balaban J connectivity index is 1.32. The average Bonchev–Trinajstić information content (AvgIpc) is 3.38. The van der Waals surface area contributed by atoms with Gasteiger partial charge in [-0.3, -0.25) is 9.48 Å². The minimum atomic E-state index is -0.131. The number of nitrogens with one attached hydrogen (secondary N) is 1. The predicted molar refractivity (Wildman–Crippen MR) is 121 cm³/mol. The van der Waals surface area contributed by atoms with Gasteiger partial charge in [0.05, 0.1) is 22.6 Å². The van der Waals surface area contributed by atoms with Gasteiger partial charge in [-0.2, -0.15) is 5.10 Å². The molecular weight excluding hydrogens is 418 g/mol. The third kappa shape index (κ3) is 5.28. The Morgan fingerprint density at radius 3 is 2.60 bits per heavy atom. The number of aromatic nitrogens is 2. The van der Waals surface area contributed by atoms with Gasteiger partial charge < -0.3 is 10.1 Å². The molecule has 0 fully saturated rings. The van der Waals surface area contributed by atoms with Crippen molar-refractivity contribution in [1.29, 1.82) is 0 Å². The summed E-state index contributed by atoms with van der Waals surface area (Å²) in [6, 6.07) is 17.5. The van der Waals surface area contributed by atoms with Crippen LogP contribution in [0.15, 0.2) is 72.4 Å². The Kier molecular flexibility index (Phi) is 6.16. The molecule has 0 aliphatic carbocycles. The molecule has 7 heteroatoms. The second kappa shape index (κ2) is 9.15. The monoisotopic (exact) mass is 437 g/mol. The molecule has 0 aliphatic heterocycles. The molecule has 0 atom stereocenters. The molecule has 5 nitrogen and oxygen atoms in total. The number of benzene rings is 2. The summed E-state index contributed by atoms with van der Waals surface area (Å²) in [6.45, 7) is 3.09. The van der Waals surface area contributed by atoms with E-state index in [-0.39, 0.29) is 5.91 Å². The second-order valence-corrected chi connectivity index (χ2v) is 8.28. The minimum Gasteiger partial charge on any atom is -0.489 e. The number of rotatable bonds is 7. The van der Waals surface area contributed by atoms with Crippen LogP contribution in [-0.2, 0) is 13.2 Å². The van der Waals surface area contributed by atoms with Gasteiger partial charge >= 0.3 is 0 Å². The zero-order valence-corrected chi connectivity index (χ0v) is 17.9. The second-order valence-electron chi connectivity index (χ2n) is 6.93. The molecule has 4 rings (SSSR count). The molecule has 0 aliphatic rings. The first-order chi connectivity index (χ1) is 14.5. The quantitative estimate of drug-likeness (QED) is 0.398. The first-order valence-electron chi connectivity index (χ1n) is 9.40. The number of anilines is 1. The zero-order chi connectivity index (χ0) is 20.9. The van der Waals surface area contributed by atoms with Crippen LogP contribution in [0.2, 0.25) is 5.02 Å². The molecule has 2 aromatic heterocycles. The van der Waals surface area contributed by atoms with Crippen molar-refractivity contribution in [3.8, 4) is 5.75 Å². The lowest BCUT2D eigenvalue weighted by Gasteiger charge is -2.06. The lowest BCUT2D eigenvalue weighted by Crippen LogP contribution is -2.10. The largest absolute Gasteiger partial charge is 0.489 e. The van der Waals surface area contributed by atoms with Gasteiger partial charge in [0.2, 0.25) is 0 Å². The van der Waals surface area contributed by atoms with E-state index in [1.165, 1.54) is 16.9 Å². The molecule has 0 radical (unpaired) electrons. The van der Waals surface area contributed by atoms with Crippen molar-refractivity contribution >= 4 is 34.5 Å². The third-order valence-corrected chi connectivity index (χ3v) is 5.64. The predicted octanol–water partition coefficient (Wildman–Crippen LogP) is 5.79. The SMILES string of the molecule is Cc1ccc(OCc2csc(C(=O)Nc3ccc(Cn4cc(Cl)cn4)cc3)c2)cc1. The molecular formula is C23H20ClN3O2S. The summed E-state index contributed by atoms with van der Waals surface area (Å²) in [6.07, 6.45) is 3.38. The fraction of sp³-hybridized carbons (Fsp3) is 0.130. The fourth-order valence-corrected chi connectivity index (χ4v) is 3.82. The Labute approximate surface area is 183 Å². The van der Waals surface area contributed by atoms with Gasteiger partial charge in [0, 0.05) is 17.4 Å². The van der Waals surface area contributed by atoms with Gasteiger partial charge in [0.15, 0.2) is 0 Å². The normalized spacial score (nSPS) is 10.7. The number of halogens is 1. The first kappa shape index (κ1) is 20.2. The van der Waals surface area contributed by atoms with Gasteiger partial charge in [0.25, 0.3) is 5.91 Å². The maximum Gasteiger partial charge on any atom is 0.265 e. The van der Waals surface area contributed by atoms with E-state index in [2.05, 4.69) is 10.4 Å². The summed E-state index contributed by atoms with van der Waals surface area (Å²) in [5.74, 6) is 0.684. The molecule has 4 aromatic rings. The van der Waals surface area contributed by atoms with Crippen LogP contribution in [0.25, 0.3) is 0 Å². The molecule has 1 amide bonds. The highest BCUT2D eigenvalue weighted by Crippen LogP contribution is 2.20. The molecule has 2 heterocycles. The summed E-state index contributed by atoms with van der Waals surface area (Å²) in [5, 5.41) is 9.66. The van der Waals surface area contributed by atoms with E-state index >= 15 is 0 Å². The molecule has 30 heavy (non-hydrogen) atoms. The maximum atomic E-state index is 12.5. The first-order valence-corrected chi connectivity index (χ1v) is 10.7. The van der Waals surface area contributed by atoms with Crippen LogP contribution in [0.5, 0.6) is 5.75 Å². The number of hydrogen-bond acceptors (Lipinski definition) is 4. The standard InChI is InChI=1S/C23H20ClN3O2S/c1-16-2-8-21(9-3-16)29-14-18-10-22(30-15-18)23(28)26-20-6-4-17(5-7-20)12-27-13-19(24)11-25-27/h2-11,13,15H,12,14H2,1H3,(H,26,28). The van der Waals surface area contributed by atoms with E-state index in [0.717, 1.165) is 22.6 Å². The van der Waals surface area contributed by atoms with E-state index in [4.69, 9.17) is 16.3 Å². The van der Waals surface area contributed by atoms with Gasteiger partial charge in [-0.25, -0.2) is 0 Å². The van der Waals surface area contributed by atoms with Crippen molar-refractivity contribution in [1.82, 2.24) is 9.78 Å². The molecule has 152 valence electrons. The Morgan fingerprint density at radius 2 is 1.90 bits per heavy atom. The van der Waals surface area contributed by atoms with Crippen molar-refractivity contribution in [2.45, 2.75) is 20.1 Å². The molecule has 0 saturated carbocycles. The minimum absolute atomic E-state index is 0.131. The highest BCUT2D eigenvalue weighted by atomic mass is 35.5. The smallest absolute Gasteiger partial charge is 0.265 e. The summed E-state index contributed by atoms with van der Waals surface area (Å²) >= 11 is 7.29. The molecule has 0 saturated heterocycles. The fourth-order valence-electron chi connectivity index (χ4n) is 2.87. The van der Waals surface area contributed by atoms with Crippen LogP contribution in [0.4, 0.5) is 5.69 Å². The summed E-state index contributed by atoms with van der Waals surface area (Å²) in [4.78, 5) is 13.2. The third-order valence-electron chi connectivity index (χ3n) is 4.46. The Morgan fingerprint density at radius 1 is 1.13 bits per heavy atom. The topological polar surface area (TPSA) is 56.1 Å². The van der Waals surface area contributed by atoms with Crippen LogP contribution in [0, 0.1) is 6.92 Å². The molecule has 0 unspecified atom stereocenters. The van der Waals surface area contributed by atoms with Crippen molar-refractivity contribution in [3.63, 3.8) is 0 Å². The van der Waals surface area contributed by atoms with E-state index in [9.17, 15) is 4.79 Å². The highest BCUT2D eigenvalue weighted by molar-refractivity contribution is 7.12. The van der Waals surface area contributed by atoms with Crippen LogP contribution >= 0.6 is 22.9 Å². The number of ether oxygens (including phenoxy) is 1. The van der Waals surface area contributed by atoms with E-state index < -0.39 is 0 Å². The van der Waals surface area contributed by atoms with Gasteiger partial charge in [0.1, 0.15) is 12.4 Å². The van der Waals surface area contributed by atoms with Crippen molar-refractivity contribution in [2.75, 3.05) is 5.32 Å². The van der Waals surface area contributed by atoms with Crippen molar-refractivity contribution in [3.05, 3.63) is 99.0 Å². The van der Waals surface area contributed by atoms with Gasteiger partial charge in [-0.1, -0.05) is 41.4 Å². The van der Waals surface area contributed by atoms with Crippen LogP contribution in [-0.4, -0.2) is 15.7 Å². The summed E-state index contributed by atoms with van der Waals surface area (Å²) in [5.41, 5.74) is 3.97. The van der Waals surface area contributed by atoms with E-state index in [1.54, 1.807) is 17.1 Å². The molecule has 0 spiro atoms. The number of carbonyl (C=O) groups excluding carboxylic acids is 1. The number of hydrogen-bond donors (Lipinski definition) is 1. The number of thiophene rings is 1. The lowest BCUT2D eigenvalue weighted by atomic mass is 10.2. The zero-order valence-electron chi connectivity index (χ0n) is 16.3. The number of aryl methyl sites for hydroxylation is 1. The number of carbonyl (C=O) groups is 1. The van der Waals surface area contributed by atoms with Gasteiger partial charge in [-0.05, 0) is 48.2 Å². The average molecular weight is 438 g/mol. The molecule has 0 bridgehead atoms.